The van der Waals surface area contributed by atoms with E-state index >= 15 is 0 Å². The van der Waals surface area contributed by atoms with E-state index in [1.54, 1.807) is 18.2 Å². The highest BCUT2D eigenvalue weighted by molar-refractivity contribution is 6.39. The van der Waals surface area contributed by atoms with Crippen LogP contribution in [0.2, 0.25) is 5.02 Å². The normalized spacial score (nSPS) is 15.5. The number of rotatable bonds is 5. The highest BCUT2D eigenvalue weighted by Crippen LogP contribution is 2.23. The summed E-state index contributed by atoms with van der Waals surface area (Å²) >= 11 is 6.27. The number of aryl methyl sites for hydroxylation is 1. The number of carbonyl (C=O) groups excluding carboxylic acids is 3. The molecule has 0 spiro atoms. The van der Waals surface area contributed by atoms with Crippen LogP contribution in [-0.2, 0) is 22.6 Å². The maximum absolute atomic E-state index is 13.1. The predicted octanol–water partition coefficient (Wildman–Crippen LogP) is 4.42. The van der Waals surface area contributed by atoms with Gasteiger partial charge < -0.3 is 4.57 Å². The fourth-order valence-electron chi connectivity index (χ4n) is 3.43. The van der Waals surface area contributed by atoms with Crippen LogP contribution in [0.25, 0.3) is 6.08 Å². The van der Waals surface area contributed by atoms with E-state index in [2.05, 4.69) is 5.32 Å². The Morgan fingerprint density at radius 3 is 2.42 bits per heavy atom. The van der Waals surface area contributed by atoms with Gasteiger partial charge in [0.15, 0.2) is 0 Å². The van der Waals surface area contributed by atoms with Crippen LogP contribution in [0.3, 0.4) is 0 Å². The number of barbiturate groups is 1. The summed E-state index contributed by atoms with van der Waals surface area (Å²) in [5.74, 6) is -1.38. The summed E-state index contributed by atoms with van der Waals surface area (Å²) < 4.78 is 1.88. The third-order valence-corrected chi connectivity index (χ3v) is 5.53. The number of benzene rings is 2. The van der Waals surface area contributed by atoms with Crippen LogP contribution in [0.4, 0.5) is 10.5 Å². The van der Waals surface area contributed by atoms with Gasteiger partial charge in [-0.15, -0.1) is 0 Å². The van der Waals surface area contributed by atoms with Gasteiger partial charge in [0.1, 0.15) is 5.57 Å². The Bertz CT molecular complexity index is 1190. The lowest BCUT2D eigenvalue weighted by Gasteiger charge is -2.26. The molecule has 1 fully saturated rings. The molecule has 7 heteroatoms. The molecule has 2 heterocycles. The van der Waals surface area contributed by atoms with E-state index in [0.29, 0.717) is 22.9 Å². The van der Waals surface area contributed by atoms with Crippen LogP contribution in [-0.4, -0.2) is 22.4 Å². The lowest BCUT2D eigenvalue weighted by Crippen LogP contribution is -2.54. The molecule has 4 amide bonds. The molecule has 0 unspecified atom stereocenters. The average Bonchev–Trinajstić information content (AvgIpc) is 3.20. The van der Waals surface area contributed by atoms with Gasteiger partial charge in [-0.25, -0.2) is 9.69 Å². The van der Waals surface area contributed by atoms with Crippen LogP contribution in [0, 0.1) is 0 Å². The van der Waals surface area contributed by atoms with Crippen molar-refractivity contribution in [1.29, 1.82) is 0 Å². The molecule has 6 nitrogen and oxygen atoms in total. The van der Waals surface area contributed by atoms with E-state index in [1.807, 2.05) is 60.2 Å². The maximum atomic E-state index is 13.1. The zero-order chi connectivity index (χ0) is 22.0. The Morgan fingerprint density at radius 2 is 1.71 bits per heavy atom. The fourth-order valence-corrected chi connectivity index (χ4v) is 3.63. The van der Waals surface area contributed by atoms with Crippen LogP contribution in [0.1, 0.15) is 23.7 Å². The van der Waals surface area contributed by atoms with Crippen molar-refractivity contribution in [3.8, 4) is 0 Å². The van der Waals surface area contributed by atoms with Gasteiger partial charge in [0.05, 0.1) is 5.69 Å². The smallest absolute Gasteiger partial charge is 0.335 e. The SMILES string of the molecule is CCc1ccc(N2C(=O)NC(=O)C(=Cc3cccn3Cc3ccccc3Cl)C2=O)cc1. The summed E-state index contributed by atoms with van der Waals surface area (Å²) in [6.07, 6.45) is 4.17. The average molecular weight is 434 g/mol. The molecule has 1 saturated heterocycles. The Kier molecular flexibility index (Phi) is 5.73. The highest BCUT2D eigenvalue weighted by atomic mass is 35.5. The Morgan fingerprint density at radius 1 is 0.968 bits per heavy atom. The van der Waals surface area contributed by atoms with Crippen molar-refractivity contribution < 1.29 is 14.4 Å². The molecule has 3 aromatic rings. The van der Waals surface area contributed by atoms with Crippen LogP contribution >= 0.6 is 11.6 Å². The first kappa shape index (κ1) is 20.6. The molecule has 0 radical (unpaired) electrons. The third-order valence-electron chi connectivity index (χ3n) is 5.16. The molecular formula is C24H20ClN3O3. The first-order valence-corrected chi connectivity index (χ1v) is 10.2. The zero-order valence-corrected chi connectivity index (χ0v) is 17.6. The summed E-state index contributed by atoms with van der Waals surface area (Å²) in [7, 11) is 0. The maximum Gasteiger partial charge on any atom is 0.335 e. The number of nitrogens with one attached hydrogen (secondary N) is 1. The van der Waals surface area contributed by atoms with Gasteiger partial charge >= 0.3 is 6.03 Å². The molecular weight excluding hydrogens is 414 g/mol. The molecule has 0 aliphatic carbocycles. The standard InChI is InChI=1S/C24H20ClN3O3/c1-2-16-9-11-18(12-10-16)28-23(30)20(22(29)26-24(28)31)14-19-7-5-13-27(19)15-17-6-3-4-8-21(17)25/h3-14H,2,15H2,1H3,(H,26,29,31). The van der Waals surface area contributed by atoms with Crippen LogP contribution in [0.5, 0.6) is 0 Å². The van der Waals surface area contributed by atoms with E-state index in [9.17, 15) is 14.4 Å². The Balaban J connectivity index is 1.66. The Hall–Kier alpha value is -3.64. The molecule has 4 rings (SSSR count). The van der Waals surface area contributed by atoms with Gasteiger partial charge in [-0.05, 0) is 54.0 Å². The van der Waals surface area contributed by atoms with Crippen molar-refractivity contribution in [3.63, 3.8) is 0 Å². The van der Waals surface area contributed by atoms with Crippen molar-refractivity contribution >= 4 is 41.2 Å². The summed E-state index contributed by atoms with van der Waals surface area (Å²) in [5, 5.41) is 2.89. The molecule has 1 aromatic heterocycles. The van der Waals surface area contributed by atoms with Crippen molar-refractivity contribution in [3.05, 3.63) is 94.3 Å². The van der Waals surface area contributed by atoms with Gasteiger partial charge in [-0.3, -0.25) is 14.9 Å². The topological polar surface area (TPSA) is 71.4 Å². The second-order valence-corrected chi connectivity index (χ2v) is 7.54. The fraction of sp³-hybridized carbons (Fsp3) is 0.125. The van der Waals surface area contributed by atoms with Crippen molar-refractivity contribution in [2.24, 2.45) is 0 Å². The minimum absolute atomic E-state index is 0.113. The first-order valence-electron chi connectivity index (χ1n) is 9.87. The van der Waals surface area contributed by atoms with Gasteiger partial charge in [-0.2, -0.15) is 0 Å². The number of urea groups is 1. The molecule has 1 aliphatic heterocycles. The highest BCUT2D eigenvalue weighted by Gasteiger charge is 2.36. The molecule has 1 aliphatic rings. The lowest BCUT2D eigenvalue weighted by molar-refractivity contribution is -0.122. The summed E-state index contributed by atoms with van der Waals surface area (Å²) in [5.41, 5.74) is 2.93. The van der Waals surface area contributed by atoms with Gasteiger partial charge in [-0.1, -0.05) is 48.9 Å². The van der Waals surface area contributed by atoms with E-state index in [-0.39, 0.29) is 5.57 Å². The summed E-state index contributed by atoms with van der Waals surface area (Å²) in [4.78, 5) is 38.9. The van der Waals surface area contributed by atoms with Crippen LogP contribution < -0.4 is 10.2 Å². The first-order chi connectivity index (χ1) is 15.0. The molecule has 0 saturated carbocycles. The number of aromatic nitrogens is 1. The monoisotopic (exact) mass is 433 g/mol. The van der Waals surface area contributed by atoms with Crippen molar-refractivity contribution in [2.75, 3.05) is 4.90 Å². The number of anilines is 1. The van der Waals surface area contributed by atoms with Gasteiger partial charge in [0, 0.05) is 23.5 Å². The number of imide groups is 2. The van der Waals surface area contributed by atoms with Gasteiger partial charge in [0.2, 0.25) is 0 Å². The largest absolute Gasteiger partial charge is 0.343 e. The van der Waals surface area contributed by atoms with Crippen LogP contribution in [0.15, 0.2) is 72.4 Å². The lowest BCUT2D eigenvalue weighted by atomic mass is 10.1. The molecule has 2 aromatic carbocycles. The minimum atomic E-state index is -0.761. The zero-order valence-electron chi connectivity index (χ0n) is 16.8. The number of hydrogen-bond acceptors (Lipinski definition) is 3. The Labute approximate surface area is 184 Å². The third kappa shape index (κ3) is 4.15. The summed E-state index contributed by atoms with van der Waals surface area (Å²) in [6, 6.07) is 17.4. The van der Waals surface area contributed by atoms with E-state index in [4.69, 9.17) is 11.6 Å². The van der Waals surface area contributed by atoms with E-state index < -0.39 is 17.8 Å². The minimum Gasteiger partial charge on any atom is -0.343 e. The van der Waals surface area contributed by atoms with Crippen molar-refractivity contribution in [1.82, 2.24) is 9.88 Å². The second kappa shape index (κ2) is 8.62. The molecule has 31 heavy (non-hydrogen) atoms. The molecule has 156 valence electrons. The number of nitrogens with zero attached hydrogens (tertiary/aromatic N) is 2. The number of halogens is 1. The second-order valence-electron chi connectivity index (χ2n) is 7.13. The van der Waals surface area contributed by atoms with Gasteiger partial charge in [0.25, 0.3) is 11.8 Å². The number of amides is 4. The molecule has 0 bridgehead atoms. The molecule has 0 atom stereocenters. The summed E-state index contributed by atoms with van der Waals surface area (Å²) in [6.45, 7) is 2.49. The van der Waals surface area contributed by atoms with E-state index in [0.717, 1.165) is 22.4 Å². The predicted molar refractivity (Wildman–Crippen MR) is 120 cm³/mol. The molecule has 1 N–H and O–H groups in total. The number of carbonyl (C=O) groups is 3. The van der Waals surface area contributed by atoms with Crippen molar-refractivity contribution in [2.45, 2.75) is 19.9 Å². The quantitative estimate of drug-likeness (QED) is 0.478. The van der Waals surface area contributed by atoms with E-state index in [1.165, 1.54) is 6.08 Å². The number of hydrogen-bond donors (Lipinski definition) is 1.